The molecule has 1 saturated heterocycles. The molecule has 1 aliphatic heterocycles. The van der Waals surface area contributed by atoms with Crippen molar-refractivity contribution < 1.29 is 5.11 Å². The van der Waals surface area contributed by atoms with Crippen molar-refractivity contribution in [2.45, 2.75) is 51.0 Å². The van der Waals surface area contributed by atoms with Crippen molar-refractivity contribution in [3.63, 3.8) is 0 Å². The second-order valence-corrected chi connectivity index (χ2v) is 5.41. The molecule has 88 valence electrons. The van der Waals surface area contributed by atoms with Gasteiger partial charge in [-0.3, -0.25) is 0 Å². The Bertz CT molecular complexity index is 191. The molecule has 0 spiro atoms. The smallest absolute Gasteiger partial charge is 0.0434 e. The van der Waals surface area contributed by atoms with Gasteiger partial charge in [-0.05, 0) is 57.5 Å². The summed E-state index contributed by atoms with van der Waals surface area (Å²) >= 11 is 0. The summed E-state index contributed by atoms with van der Waals surface area (Å²) in [6.07, 6.45) is 9.37. The largest absolute Gasteiger partial charge is 0.396 e. The molecule has 0 aromatic rings. The molecule has 1 aliphatic carbocycles. The molecule has 0 bridgehead atoms. The summed E-state index contributed by atoms with van der Waals surface area (Å²) in [5.41, 5.74) is 0. The summed E-state index contributed by atoms with van der Waals surface area (Å²) in [7, 11) is 2.28. The molecule has 1 saturated carbocycles. The summed E-state index contributed by atoms with van der Waals surface area (Å²) in [6.45, 7) is 1.64. The van der Waals surface area contributed by atoms with Crippen LogP contribution in [0.3, 0.4) is 0 Å². The van der Waals surface area contributed by atoms with Crippen LogP contribution in [0, 0.1) is 11.8 Å². The Morgan fingerprint density at radius 1 is 1.20 bits per heavy atom. The maximum Gasteiger partial charge on any atom is 0.0434 e. The lowest BCUT2D eigenvalue weighted by atomic mass is 9.88. The van der Waals surface area contributed by atoms with Gasteiger partial charge in [-0.15, -0.1) is 0 Å². The minimum Gasteiger partial charge on any atom is -0.396 e. The van der Waals surface area contributed by atoms with E-state index in [1.807, 2.05) is 0 Å². The normalized spacial score (nSPS) is 31.2. The first-order chi connectivity index (χ1) is 7.33. The van der Waals surface area contributed by atoms with Gasteiger partial charge in [0.1, 0.15) is 0 Å². The Morgan fingerprint density at radius 3 is 2.67 bits per heavy atom. The average molecular weight is 211 g/mol. The van der Waals surface area contributed by atoms with Crippen LogP contribution in [0.1, 0.15) is 44.9 Å². The highest BCUT2D eigenvalue weighted by molar-refractivity contribution is 4.90. The highest BCUT2D eigenvalue weighted by atomic mass is 16.3. The van der Waals surface area contributed by atoms with Gasteiger partial charge in [-0.2, -0.15) is 0 Å². The summed E-state index contributed by atoms with van der Waals surface area (Å²) in [5.74, 6) is 1.71. The Balaban J connectivity index is 1.96. The molecule has 2 fully saturated rings. The molecule has 0 aromatic carbocycles. The van der Waals surface area contributed by atoms with Crippen molar-refractivity contribution in [3.05, 3.63) is 0 Å². The van der Waals surface area contributed by atoms with Gasteiger partial charge >= 0.3 is 0 Å². The third-order valence-electron chi connectivity index (χ3n) is 4.26. The highest BCUT2D eigenvalue weighted by Gasteiger charge is 2.37. The minimum atomic E-state index is 0.380. The van der Waals surface area contributed by atoms with Crippen LogP contribution < -0.4 is 0 Å². The van der Waals surface area contributed by atoms with Crippen LogP contribution >= 0.6 is 0 Å². The highest BCUT2D eigenvalue weighted by Crippen LogP contribution is 2.42. The van der Waals surface area contributed by atoms with Crippen LogP contribution in [0.2, 0.25) is 0 Å². The number of hydrogen-bond donors (Lipinski definition) is 1. The van der Waals surface area contributed by atoms with Crippen LogP contribution in [-0.2, 0) is 0 Å². The summed E-state index contributed by atoms with van der Waals surface area (Å²) < 4.78 is 0. The van der Waals surface area contributed by atoms with Gasteiger partial charge < -0.3 is 10.0 Å². The SMILES string of the molecule is CN1CCCCCC1C(CCO)C1CC1. The Hall–Kier alpha value is -0.0800. The summed E-state index contributed by atoms with van der Waals surface area (Å²) in [4.78, 5) is 2.56. The number of likely N-dealkylation sites (tertiary alicyclic amines) is 1. The van der Waals surface area contributed by atoms with E-state index in [9.17, 15) is 5.11 Å². The van der Waals surface area contributed by atoms with Crippen molar-refractivity contribution >= 4 is 0 Å². The quantitative estimate of drug-likeness (QED) is 0.771. The average Bonchev–Trinajstić information content (AvgIpc) is 3.02. The van der Waals surface area contributed by atoms with E-state index >= 15 is 0 Å². The Kier molecular flexibility index (Phi) is 4.04. The van der Waals surface area contributed by atoms with E-state index in [4.69, 9.17) is 0 Å². The van der Waals surface area contributed by atoms with Gasteiger partial charge in [0.05, 0.1) is 0 Å². The molecule has 2 unspecified atom stereocenters. The number of aliphatic hydroxyl groups excluding tert-OH is 1. The second kappa shape index (κ2) is 5.31. The maximum atomic E-state index is 9.18. The first kappa shape index (κ1) is 11.4. The molecule has 15 heavy (non-hydrogen) atoms. The third kappa shape index (κ3) is 2.94. The molecule has 0 aromatic heterocycles. The fraction of sp³-hybridized carbons (Fsp3) is 1.00. The van der Waals surface area contributed by atoms with Gasteiger partial charge in [0.25, 0.3) is 0 Å². The predicted octanol–water partition coefficient (Wildman–Crippen LogP) is 2.27. The molecule has 2 nitrogen and oxygen atoms in total. The van der Waals surface area contributed by atoms with Crippen molar-refractivity contribution in [1.82, 2.24) is 4.90 Å². The minimum absolute atomic E-state index is 0.380. The van der Waals surface area contributed by atoms with Crippen molar-refractivity contribution in [1.29, 1.82) is 0 Å². The molecular formula is C13H25NO. The van der Waals surface area contributed by atoms with Crippen LogP contribution in [0.4, 0.5) is 0 Å². The molecule has 2 atom stereocenters. The van der Waals surface area contributed by atoms with Crippen molar-refractivity contribution in [2.24, 2.45) is 11.8 Å². The van der Waals surface area contributed by atoms with Gasteiger partial charge in [0.15, 0.2) is 0 Å². The van der Waals surface area contributed by atoms with Crippen molar-refractivity contribution in [3.8, 4) is 0 Å². The zero-order chi connectivity index (χ0) is 10.7. The van der Waals surface area contributed by atoms with Crippen LogP contribution in [0.25, 0.3) is 0 Å². The predicted molar refractivity (Wildman–Crippen MR) is 62.8 cm³/mol. The number of nitrogens with zero attached hydrogens (tertiary/aromatic N) is 1. The van der Waals surface area contributed by atoms with E-state index in [0.717, 1.165) is 24.3 Å². The molecule has 1 heterocycles. The van der Waals surface area contributed by atoms with Crippen LogP contribution in [-0.4, -0.2) is 36.2 Å². The molecule has 1 N–H and O–H groups in total. The molecule has 2 aliphatic rings. The Morgan fingerprint density at radius 2 is 2.00 bits per heavy atom. The topological polar surface area (TPSA) is 23.5 Å². The summed E-state index contributed by atoms with van der Waals surface area (Å²) in [5, 5.41) is 9.18. The van der Waals surface area contributed by atoms with Gasteiger partial charge in [0, 0.05) is 12.6 Å². The Labute approximate surface area is 93.7 Å². The lowest BCUT2D eigenvalue weighted by Gasteiger charge is -2.33. The fourth-order valence-corrected chi connectivity index (χ4v) is 3.23. The van der Waals surface area contributed by atoms with Crippen molar-refractivity contribution in [2.75, 3.05) is 20.2 Å². The van der Waals surface area contributed by atoms with E-state index in [2.05, 4.69) is 11.9 Å². The number of rotatable bonds is 4. The van der Waals surface area contributed by atoms with Gasteiger partial charge in [-0.25, -0.2) is 0 Å². The monoisotopic (exact) mass is 211 g/mol. The van der Waals surface area contributed by atoms with Crippen LogP contribution in [0.15, 0.2) is 0 Å². The van der Waals surface area contributed by atoms with E-state index in [-0.39, 0.29) is 0 Å². The lowest BCUT2D eigenvalue weighted by molar-refractivity contribution is 0.132. The van der Waals surface area contributed by atoms with Gasteiger partial charge in [0.2, 0.25) is 0 Å². The maximum absolute atomic E-state index is 9.18. The summed E-state index contributed by atoms with van der Waals surface area (Å²) in [6, 6.07) is 0.757. The lowest BCUT2D eigenvalue weighted by Crippen LogP contribution is -2.38. The fourth-order valence-electron chi connectivity index (χ4n) is 3.23. The first-order valence-corrected chi connectivity index (χ1v) is 6.64. The number of hydrogen-bond acceptors (Lipinski definition) is 2. The van der Waals surface area contributed by atoms with E-state index in [1.54, 1.807) is 0 Å². The molecule has 0 radical (unpaired) electrons. The molecule has 2 rings (SSSR count). The van der Waals surface area contributed by atoms with E-state index in [0.29, 0.717) is 6.61 Å². The van der Waals surface area contributed by atoms with Crippen LogP contribution in [0.5, 0.6) is 0 Å². The molecule has 2 heteroatoms. The third-order valence-corrected chi connectivity index (χ3v) is 4.26. The van der Waals surface area contributed by atoms with Gasteiger partial charge in [-0.1, -0.05) is 12.8 Å². The zero-order valence-corrected chi connectivity index (χ0v) is 9.99. The standard InChI is InChI=1S/C13H25NO/c1-14-9-4-2-3-5-13(14)12(8-10-15)11-6-7-11/h11-13,15H,2-10H2,1H3. The van der Waals surface area contributed by atoms with E-state index < -0.39 is 0 Å². The zero-order valence-electron chi connectivity index (χ0n) is 9.99. The number of aliphatic hydroxyl groups is 1. The van der Waals surface area contributed by atoms with E-state index in [1.165, 1.54) is 45.1 Å². The first-order valence-electron chi connectivity index (χ1n) is 6.64. The second-order valence-electron chi connectivity index (χ2n) is 5.41. The molecular weight excluding hydrogens is 186 g/mol. The molecule has 0 amide bonds.